The summed E-state index contributed by atoms with van der Waals surface area (Å²) in [5, 5.41) is 54.6. The minimum Gasteiger partial charge on any atom is -0.507 e. The van der Waals surface area contributed by atoms with E-state index in [0.717, 1.165) is 4.68 Å². The number of aromatic amines is 1. The van der Waals surface area contributed by atoms with Crippen LogP contribution in [0.15, 0.2) is 59.4 Å². The van der Waals surface area contributed by atoms with E-state index in [1.807, 2.05) is 0 Å². The third kappa shape index (κ3) is 3.54. The molecule has 6 aromatic rings. The first-order valence-corrected chi connectivity index (χ1v) is 12.9. The topological polar surface area (TPSA) is 163 Å². The number of phenols is 2. The Hall–Kier alpha value is -4.65. The Labute approximate surface area is 230 Å². The molecule has 199 valence electrons. The summed E-state index contributed by atoms with van der Waals surface area (Å²) in [6.45, 7) is 0.138. The molecule has 1 unspecified atom stereocenters. The van der Waals surface area contributed by atoms with Crippen LogP contribution in [0, 0.1) is 6.17 Å². The maximum atomic E-state index is 13.6. The number of nitrogens with one attached hydrogen (secondary N) is 1. The first-order valence-electron chi connectivity index (χ1n) is 12.5. The highest BCUT2D eigenvalue weighted by Crippen LogP contribution is 2.47. The fourth-order valence-corrected chi connectivity index (χ4v) is 5.63. The molecule has 1 saturated heterocycles. The van der Waals surface area contributed by atoms with Gasteiger partial charge in [0, 0.05) is 18.2 Å². The average molecular weight is 557 g/mol. The van der Waals surface area contributed by atoms with Gasteiger partial charge in [0.1, 0.15) is 34.6 Å². The highest BCUT2D eigenvalue weighted by molar-refractivity contribution is 6.35. The van der Waals surface area contributed by atoms with Crippen LogP contribution in [0.1, 0.15) is 19.3 Å². The molecular weight excluding hydrogens is 536 g/mol. The Kier molecular flexibility index (Phi) is 5.46. The number of quaternary nitrogens is 1. The van der Waals surface area contributed by atoms with Crippen molar-refractivity contribution in [2.45, 2.75) is 19.3 Å². The predicted octanol–water partition coefficient (Wildman–Crippen LogP) is 4.26. The Balaban J connectivity index is 1.56. The van der Waals surface area contributed by atoms with Crippen molar-refractivity contribution in [3.05, 3.63) is 76.1 Å². The van der Waals surface area contributed by atoms with E-state index >= 15 is 0 Å². The maximum absolute atomic E-state index is 13.6. The van der Waals surface area contributed by atoms with Crippen molar-refractivity contribution in [1.29, 1.82) is 0 Å². The minimum absolute atomic E-state index is 0.0485. The number of phenolic OH excluding ortho intramolecular Hbond substituents is 2. The SMILES string of the molecule is O=c1c2ccccc2nnn1[C]1CCCC[N+]1(O)c1nc2c(O)ccc(Cl)c2cc1-c1c(O)ccc2[nH]nnc12. The molecule has 0 spiro atoms. The molecule has 1 aliphatic rings. The molecule has 3 aromatic carbocycles. The molecule has 13 heteroatoms. The molecule has 0 aliphatic carbocycles. The number of hydrogen-bond donors (Lipinski definition) is 4. The predicted molar refractivity (Wildman–Crippen MR) is 148 cm³/mol. The standard InChI is InChI=1S/C27H21ClN8O4/c28-17-8-10-21(38)24-15(17)13-16(23-20(37)11-9-19-25(23)32-33-30-19)26(29-24)36(40)12-4-3-7-22(36)35-27(39)14-5-1-2-6-18(14)31-34-35/h1-2,5-6,8-11,13,37-38,40H,3-4,7,12H2,(H,30,32,33)/q+1. The lowest BCUT2D eigenvalue weighted by Crippen LogP contribution is -2.57. The first-order chi connectivity index (χ1) is 19.4. The Morgan fingerprint density at radius 1 is 0.950 bits per heavy atom. The second-order valence-corrected chi connectivity index (χ2v) is 10.1. The number of hydroxylamine groups is 2. The number of aromatic nitrogens is 7. The molecule has 4 N–H and O–H groups in total. The second kappa shape index (κ2) is 8.95. The lowest BCUT2D eigenvalue weighted by Gasteiger charge is -2.37. The summed E-state index contributed by atoms with van der Waals surface area (Å²) in [7, 11) is 0. The molecule has 1 aliphatic heterocycles. The number of hydrogen-bond acceptors (Lipinski definition) is 9. The number of pyridine rings is 1. The highest BCUT2D eigenvalue weighted by atomic mass is 35.5. The van der Waals surface area contributed by atoms with Crippen molar-refractivity contribution in [2.24, 2.45) is 0 Å². The number of H-pyrrole nitrogens is 1. The van der Waals surface area contributed by atoms with Crippen LogP contribution < -0.4 is 10.2 Å². The maximum Gasteiger partial charge on any atom is 0.315 e. The van der Waals surface area contributed by atoms with Gasteiger partial charge < -0.3 is 10.2 Å². The lowest BCUT2D eigenvalue weighted by molar-refractivity contribution is -0.101. The number of benzene rings is 3. The fraction of sp³-hybridized carbons (Fsp3) is 0.148. The van der Waals surface area contributed by atoms with E-state index in [1.54, 1.807) is 36.4 Å². The molecule has 1 atom stereocenters. The summed E-state index contributed by atoms with van der Waals surface area (Å²) in [6.07, 6.45) is 1.82. The van der Waals surface area contributed by atoms with E-state index in [0.29, 0.717) is 57.2 Å². The highest BCUT2D eigenvalue weighted by Gasteiger charge is 2.50. The smallest absolute Gasteiger partial charge is 0.315 e. The molecule has 12 nitrogen and oxygen atoms in total. The van der Waals surface area contributed by atoms with Gasteiger partial charge in [-0.3, -0.25) is 9.89 Å². The summed E-state index contributed by atoms with van der Waals surface area (Å²) >= 11 is 6.51. The number of nitrogens with zero attached hydrogens (tertiary/aromatic N) is 7. The Bertz CT molecular complexity index is 2030. The summed E-state index contributed by atoms with van der Waals surface area (Å²) in [6, 6.07) is 14.6. The fourth-order valence-electron chi connectivity index (χ4n) is 5.42. The van der Waals surface area contributed by atoms with Gasteiger partial charge in [-0.1, -0.05) is 34.2 Å². The molecule has 7 rings (SSSR count). The largest absolute Gasteiger partial charge is 0.507 e. The van der Waals surface area contributed by atoms with Gasteiger partial charge in [-0.15, -0.1) is 19.5 Å². The van der Waals surface area contributed by atoms with Crippen LogP contribution in [-0.4, -0.2) is 57.4 Å². The molecule has 0 bridgehead atoms. The zero-order valence-corrected chi connectivity index (χ0v) is 21.5. The van der Waals surface area contributed by atoms with Crippen LogP contribution in [0.2, 0.25) is 5.02 Å². The van der Waals surface area contributed by atoms with Gasteiger partial charge in [-0.2, -0.15) is 4.98 Å². The summed E-state index contributed by atoms with van der Waals surface area (Å²) in [5.41, 5.74) is 1.57. The van der Waals surface area contributed by atoms with Gasteiger partial charge >= 0.3 is 6.17 Å². The van der Waals surface area contributed by atoms with Crippen LogP contribution in [0.4, 0.5) is 5.82 Å². The van der Waals surface area contributed by atoms with Crippen LogP contribution in [0.25, 0.3) is 44.0 Å². The summed E-state index contributed by atoms with van der Waals surface area (Å²) in [4.78, 5) is 18.3. The normalized spacial score (nSPS) is 18.1. The van der Waals surface area contributed by atoms with Crippen molar-refractivity contribution < 1.29 is 15.4 Å². The number of aromatic hydroxyl groups is 2. The quantitative estimate of drug-likeness (QED) is 0.233. The number of fused-ring (bicyclic) bond motifs is 3. The van der Waals surface area contributed by atoms with Gasteiger partial charge in [-0.25, -0.2) is 5.21 Å². The minimum atomic E-state index is -0.919. The van der Waals surface area contributed by atoms with Crippen molar-refractivity contribution in [3.8, 4) is 22.6 Å². The molecule has 4 heterocycles. The van der Waals surface area contributed by atoms with Crippen molar-refractivity contribution in [1.82, 2.24) is 40.0 Å². The van der Waals surface area contributed by atoms with Gasteiger partial charge in [0.25, 0.3) is 11.4 Å². The third-order valence-electron chi connectivity index (χ3n) is 7.36. The molecular formula is C27H21ClN8O4+. The van der Waals surface area contributed by atoms with Crippen LogP contribution >= 0.6 is 11.6 Å². The van der Waals surface area contributed by atoms with Gasteiger partial charge in [-0.05, 0) is 48.9 Å². The van der Waals surface area contributed by atoms with E-state index in [1.165, 1.54) is 18.2 Å². The Morgan fingerprint density at radius 3 is 2.65 bits per heavy atom. The van der Waals surface area contributed by atoms with Gasteiger partial charge in [0.05, 0.1) is 27.1 Å². The molecule has 40 heavy (non-hydrogen) atoms. The van der Waals surface area contributed by atoms with Gasteiger partial charge in [0.2, 0.25) is 0 Å². The van der Waals surface area contributed by atoms with E-state index in [4.69, 9.17) is 16.6 Å². The van der Waals surface area contributed by atoms with E-state index in [2.05, 4.69) is 25.7 Å². The van der Waals surface area contributed by atoms with E-state index in [-0.39, 0.29) is 41.1 Å². The zero-order chi connectivity index (χ0) is 27.6. The van der Waals surface area contributed by atoms with Crippen LogP contribution in [0.3, 0.4) is 0 Å². The molecule has 1 radical (unpaired) electrons. The van der Waals surface area contributed by atoms with Crippen LogP contribution in [-0.2, 0) is 0 Å². The lowest BCUT2D eigenvalue weighted by atomic mass is 9.98. The summed E-state index contributed by atoms with van der Waals surface area (Å²) in [5.74, 6) is -0.232. The van der Waals surface area contributed by atoms with E-state index < -0.39 is 10.2 Å². The second-order valence-electron chi connectivity index (χ2n) is 9.68. The van der Waals surface area contributed by atoms with Crippen LogP contribution in [0.5, 0.6) is 11.5 Å². The van der Waals surface area contributed by atoms with Crippen molar-refractivity contribution in [2.75, 3.05) is 6.54 Å². The first kappa shape index (κ1) is 24.4. The number of piperidine rings is 1. The van der Waals surface area contributed by atoms with Crippen molar-refractivity contribution in [3.63, 3.8) is 0 Å². The van der Waals surface area contributed by atoms with E-state index in [9.17, 15) is 20.2 Å². The number of rotatable bonds is 3. The zero-order valence-electron chi connectivity index (χ0n) is 20.8. The monoisotopic (exact) mass is 556 g/mol. The molecule has 1 fully saturated rings. The average Bonchev–Trinajstić information content (AvgIpc) is 3.44. The molecule has 0 saturated carbocycles. The molecule has 0 amide bonds. The van der Waals surface area contributed by atoms with Crippen molar-refractivity contribution >= 4 is 50.3 Å². The number of halogens is 1. The molecule has 3 aromatic heterocycles. The summed E-state index contributed by atoms with van der Waals surface area (Å²) < 4.78 is 0.198. The third-order valence-corrected chi connectivity index (χ3v) is 7.69. The van der Waals surface area contributed by atoms with Gasteiger partial charge in [0.15, 0.2) is 0 Å². The Morgan fingerprint density at radius 2 is 1.77 bits per heavy atom.